The molecule has 48 heavy (non-hydrogen) atoms. The molecule has 2 amide bonds. The van der Waals surface area contributed by atoms with Gasteiger partial charge in [0.1, 0.15) is 16.7 Å². The van der Waals surface area contributed by atoms with Crippen LogP contribution in [-0.4, -0.2) is 79.3 Å². The Morgan fingerprint density at radius 3 is 2.62 bits per heavy atom. The van der Waals surface area contributed by atoms with Crippen LogP contribution < -0.4 is 14.4 Å². The molecule has 2 N–H and O–H groups in total. The Bertz CT molecular complexity index is 1390. The highest BCUT2D eigenvalue weighted by atomic mass is 35.5. The van der Waals surface area contributed by atoms with Gasteiger partial charge in [-0.25, -0.2) is 4.21 Å². The van der Waals surface area contributed by atoms with Crippen LogP contribution in [0.3, 0.4) is 0 Å². The summed E-state index contributed by atoms with van der Waals surface area (Å²) in [5.74, 6) is 2.12. The van der Waals surface area contributed by atoms with Gasteiger partial charge in [0.2, 0.25) is 12.3 Å². The van der Waals surface area contributed by atoms with E-state index in [-0.39, 0.29) is 17.9 Å². The summed E-state index contributed by atoms with van der Waals surface area (Å²) in [6.07, 6.45) is 12.0. The normalized spacial score (nSPS) is 20.6. The summed E-state index contributed by atoms with van der Waals surface area (Å²) in [5.41, 5.74) is 4.58. The van der Waals surface area contributed by atoms with Crippen molar-refractivity contribution in [2.75, 3.05) is 51.6 Å². The summed E-state index contributed by atoms with van der Waals surface area (Å²) in [5, 5.41) is 11.2. The van der Waals surface area contributed by atoms with Crippen LogP contribution in [0, 0.1) is 11.8 Å². The second kappa shape index (κ2) is 19.9. The Morgan fingerprint density at radius 2 is 2.04 bits per heavy atom. The number of amides is 2. The van der Waals surface area contributed by atoms with Crippen LogP contribution in [-0.2, 0) is 31.7 Å². The largest absolute Gasteiger partial charge is 0.491 e. The first-order valence-corrected chi connectivity index (χ1v) is 18.8. The number of unbranched alkanes of at least 4 members (excludes halogenated alkanes) is 1. The van der Waals surface area contributed by atoms with E-state index in [4.69, 9.17) is 21.1 Å². The van der Waals surface area contributed by atoms with Crippen LogP contribution in [0.1, 0.15) is 81.6 Å². The van der Waals surface area contributed by atoms with Gasteiger partial charge in [-0.1, -0.05) is 49.2 Å². The van der Waals surface area contributed by atoms with E-state index in [1.807, 2.05) is 44.0 Å². The predicted molar refractivity (Wildman–Crippen MR) is 195 cm³/mol. The minimum atomic E-state index is -1.18. The molecule has 266 valence electrons. The molecular formula is C37H54ClN3O6S. The van der Waals surface area contributed by atoms with Crippen molar-refractivity contribution in [3.63, 3.8) is 0 Å². The molecule has 6 atom stereocenters. The molecule has 1 saturated carbocycles. The van der Waals surface area contributed by atoms with Gasteiger partial charge >= 0.3 is 0 Å². The second-order valence-corrected chi connectivity index (χ2v) is 14.4. The lowest BCUT2D eigenvalue weighted by Crippen LogP contribution is -2.44. The van der Waals surface area contributed by atoms with Crippen molar-refractivity contribution in [2.24, 2.45) is 11.8 Å². The SMILES string of the molecule is CCCc1cc(Cl)ccc1C1COc2ccc(C(C)O)cc2N(CC2CCC2C(/C=C/CCCN(C)C(C)=O)OC)C1.CS(=O)NC=O. The predicted octanol–water partition coefficient (Wildman–Crippen LogP) is 6.21. The van der Waals surface area contributed by atoms with E-state index in [2.05, 4.69) is 42.2 Å². The smallest absolute Gasteiger partial charge is 0.219 e. The maximum Gasteiger partial charge on any atom is 0.219 e. The fraction of sp³-hybridized carbons (Fsp3) is 0.568. The van der Waals surface area contributed by atoms with Gasteiger partial charge in [0.05, 0.1) is 24.5 Å². The maximum absolute atomic E-state index is 11.5. The lowest BCUT2D eigenvalue weighted by Gasteiger charge is -2.43. The average molecular weight is 704 g/mol. The number of aliphatic hydroxyl groups is 1. The molecule has 2 aromatic rings. The van der Waals surface area contributed by atoms with Crippen molar-refractivity contribution in [3.8, 4) is 5.75 Å². The van der Waals surface area contributed by atoms with Crippen LogP contribution >= 0.6 is 11.6 Å². The Morgan fingerprint density at radius 1 is 1.27 bits per heavy atom. The van der Waals surface area contributed by atoms with Crippen LogP contribution in [0.2, 0.25) is 5.02 Å². The van der Waals surface area contributed by atoms with Gasteiger partial charge in [-0.15, -0.1) is 0 Å². The summed E-state index contributed by atoms with van der Waals surface area (Å²) in [6.45, 7) is 8.75. The molecular weight excluding hydrogens is 650 g/mol. The lowest BCUT2D eigenvalue weighted by molar-refractivity contribution is -0.127. The number of carbonyl (C=O) groups is 2. The number of anilines is 1. The number of fused-ring (bicyclic) bond motifs is 1. The topological polar surface area (TPSA) is 108 Å². The molecule has 11 heteroatoms. The summed E-state index contributed by atoms with van der Waals surface area (Å²) in [6, 6.07) is 12.4. The quantitative estimate of drug-likeness (QED) is 0.129. The van der Waals surface area contributed by atoms with Crippen LogP contribution in [0.4, 0.5) is 5.69 Å². The Hall–Kier alpha value is -2.92. The van der Waals surface area contributed by atoms with Crippen molar-refractivity contribution in [2.45, 2.75) is 77.4 Å². The van der Waals surface area contributed by atoms with Crippen molar-refractivity contribution in [1.82, 2.24) is 9.62 Å². The molecule has 1 aliphatic carbocycles. The highest BCUT2D eigenvalue weighted by molar-refractivity contribution is 7.82. The Balaban J connectivity index is 0.000000952. The number of aryl methyl sites for hydroxylation is 1. The number of benzene rings is 2. The highest BCUT2D eigenvalue weighted by Gasteiger charge is 2.38. The molecule has 0 spiro atoms. The third kappa shape index (κ3) is 11.6. The van der Waals surface area contributed by atoms with E-state index < -0.39 is 17.1 Å². The van der Waals surface area contributed by atoms with E-state index >= 15 is 0 Å². The van der Waals surface area contributed by atoms with Crippen molar-refractivity contribution in [1.29, 1.82) is 0 Å². The van der Waals surface area contributed by atoms with Crippen LogP contribution in [0.25, 0.3) is 0 Å². The maximum atomic E-state index is 11.5. The van der Waals surface area contributed by atoms with Gasteiger partial charge < -0.3 is 24.4 Å². The molecule has 4 rings (SSSR count). The zero-order chi connectivity index (χ0) is 35.2. The van der Waals surface area contributed by atoms with Gasteiger partial charge in [0.15, 0.2) is 0 Å². The van der Waals surface area contributed by atoms with Gasteiger partial charge in [0.25, 0.3) is 0 Å². The van der Waals surface area contributed by atoms with Gasteiger partial charge in [0, 0.05) is 57.9 Å². The summed E-state index contributed by atoms with van der Waals surface area (Å²) in [7, 11) is 2.47. The number of methoxy groups -OCH3 is 1. The molecule has 1 aliphatic heterocycles. The monoisotopic (exact) mass is 703 g/mol. The molecule has 0 saturated heterocycles. The zero-order valence-electron chi connectivity index (χ0n) is 29.3. The molecule has 6 unspecified atom stereocenters. The van der Waals surface area contributed by atoms with E-state index in [1.165, 1.54) is 17.4 Å². The van der Waals surface area contributed by atoms with E-state index in [1.54, 1.807) is 11.8 Å². The number of rotatable bonds is 15. The number of aliphatic hydroxyl groups excluding tert-OH is 1. The average Bonchev–Trinajstić information content (AvgIpc) is 3.21. The number of hydrogen-bond acceptors (Lipinski definition) is 7. The molecule has 2 aliphatic rings. The summed E-state index contributed by atoms with van der Waals surface area (Å²) < 4.78 is 24.3. The third-order valence-electron chi connectivity index (χ3n) is 9.32. The first-order valence-electron chi connectivity index (χ1n) is 16.9. The zero-order valence-corrected chi connectivity index (χ0v) is 30.9. The number of hydrogen-bond donors (Lipinski definition) is 2. The number of nitrogens with one attached hydrogen (secondary N) is 1. The molecule has 1 heterocycles. The van der Waals surface area contributed by atoms with Crippen LogP contribution in [0.5, 0.6) is 5.75 Å². The fourth-order valence-electron chi connectivity index (χ4n) is 6.43. The van der Waals surface area contributed by atoms with Crippen molar-refractivity contribution in [3.05, 3.63) is 70.3 Å². The molecule has 2 aromatic carbocycles. The molecule has 0 bridgehead atoms. The Labute approximate surface area is 294 Å². The number of halogens is 1. The number of carbonyl (C=O) groups excluding carboxylic acids is 2. The van der Waals surface area contributed by atoms with Crippen molar-refractivity contribution >= 4 is 40.6 Å². The highest BCUT2D eigenvalue weighted by Crippen LogP contribution is 2.43. The number of ether oxygens (including phenoxy) is 2. The molecule has 0 aromatic heterocycles. The Kier molecular flexibility index (Phi) is 16.4. The first-order chi connectivity index (χ1) is 23.0. The van der Waals surface area contributed by atoms with E-state index in [9.17, 15) is 18.9 Å². The molecule has 9 nitrogen and oxygen atoms in total. The second-order valence-electron chi connectivity index (χ2n) is 12.8. The van der Waals surface area contributed by atoms with Crippen molar-refractivity contribution < 1.29 is 28.4 Å². The standard InChI is InChI=1S/C35H49ClN2O4.C2H5NO2S/c1-6-10-27-19-30(36)14-16-31(27)29-22-38(33-20-26(24(2)39)13-17-35(33)42-23-29)21-28-12-15-32(28)34(41-5)11-8-7-9-18-37(4)25(3)40;1-6(5)3-2-4/h8,11,13-14,16-17,19-20,24,28-29,32,34,39H,6-7,9-10,12,15,18,21-23H2,1-5H3;2H,1H3,(H,3,4)/b11-8+;. The van der Waals surface area contributed by atoms with Gasteiger partial charge in [-0.2, -0.15) is 0 Å². The van der Waals surface area contributed by atoms with E-state index in [0.717, 1.165) is 80.2 Å². The summed E-state index contributed by atoms with van der Waals surface area (Å²) >= 11 is 6.41. The minimum Gasteiger partial charge on any atom is -0.491 e. The lowest BCUT2D eigenvalue weighted by atomic mass is 9.70. The van der Waals surface area contributed by atoms with E-state index in [0.29, 0.717) is 24.9 Å². The molecule has 0 radical (unpaired) electrons. The number of nitrogens with zero attached hydrogens (tertiary/aromatic N) is 2. The molecule has 1 fully saturated rings. The van der Waals surface area contributed by atoms with Gasteiger partial charge in [-0.3, -0.25) is 14.3 Å². The van der Waals surface area contributed by atoms with Gasteiger partial charge in [-0.05, 0) is 91.8 Å². The third-order valence-corrected chi connectivity index (χ3v) is 9.98. The first kappa shape index (κ1) is 39.5. The summed E-state index contributed by atoms with van der Waals surface area (Å²) in [4.78, 5) is 25.0. The fourth-order valence-corrected chi connectivity index (χ4v) is 6.76. The minimum absolute atomic E-state index is 0.0732. The number of allylic oxidation sites excluding steroid dienone is 1. The van der Waals surface area contributed by atoms with Crippen LogP contribution in [0.15, 0.2) is 48.6 Å².